The highest BCUT2D eigenvalue weighted by atomic mass is 35.5. The first kappa shape index (κ1) is 15.1. The highest BCUT2D eigenvalue weighted by molar-refractivity contribution is 7.15. The third-order valence-corrected chi connectivity index (χ3v) is 4.83. The van der Waals surface area contributed by atoms with Crippen LogP contribution in [0.5, 0.6) is 0 Å². The Kier molecular flexibility index (Phi) is 3.67. The maximum Gasteiger partial charge on any atom is 0.291 e. The Labute approximate surface area is 146 Å². The number of rotatable bonds is 2. The number of hydrogen-bond donors (Lipinski definition) is 0. The fourth-order valence-electron chi connectivity index (χ4n) is 2.40. The second kappa shape index (κ2) is 5.85. The van der Waals surface area contributed by atoms with E-state index in [1.54, 1.807) is 12.1 Å². The van der Waals surface area contributed by atoms with E-state index >= 15 is 0 Å². The molecule has 0 atom stereocenters. The van der Waals surface area contributed by atoms with Gasteiger partial charge in [0.2, 0.25) is 4.96 Å². The van der Waals surface area contributed by atoms with Gasteiger partial charge in [-0.15, -0.1) is 5.10 Å². The van der Waals surface area contributed by atoms with Gasteiger partial charge in [0.05, 0.1) is 4.53 Å². The minimum Gasteiger partial charge on any atom is -0.266 e. The Morgan fingerprint density at radius 2 is 1.96 bits per heavy atom. The predicted octanol–water partition coefficient (Wildman–Crippen LogP) is 3.33. The van der Waals surface area contributed by atoms with Crippen LogP contribution < -0.4 is 10.1 Å². The van der Waals surface area contributed by atoms with Gasteiger partial charge in [0.1, 0.15) is 0 Å². The molecule has 2 heterocycles. The monoisotopic (exact) mass is 353 g/mol. The van der Waals surface area contributed by atoms with Crippen molar-refractivity contribution in [3.63, 3.8) is 0 Å². The maximum atomic E-state index is 12.5. The molecule has 0 N–H and O–H groups in total. The molecule has 0 amide bonds. The third kappa shape index (κ3) is 2.72. The van der Waals surface area contributed by atoms with Gasteiger partial charge >= 0.3 is 0 Å². The number of nitrogens with zero attached hydrogens (tertiary/aromatic N) is 3. The SMILES string of the molecule is Cc1ccc(/C=c2/sc3nc(-c4cccc(Cl)c4)nn3c2=O)cc1. The van der Waals surface area contributed by atoms with Crippen LogP contribution in [0.15, 0.2) is 53.3 Å². The number of thiazole rings is 1. The lowest BCUT2D eigenvalue weighted by molar-refractivity contribution is 0.937. The fourth-order valence-corrected chi connectivity index (χ4v) is 3.50. The predicted molar refractivity (Wildman–Crippen MR) is 97.5 cm³/mol. The Balaban J connectivity index is 1.81. The molecule has 6 heteroatoms. The van der Waals surface area contributed by atoms with Crippen LogP contribution in [0.4, 0.5) is 0 Å². The first-order valence-electron chi connectivity index (χ1n) is 7.34. The van der Waals surface area contributed by atoms with E-state index in [1.165, 1.54) is 21.4 Å². The highest BCUT2D eigenvalue weighted by Gasteiger charge is 2.12. The topological polar surface area (TPSA) is 47.3 Å². The first-order chi connectivity index (χ1) is 11.6. The lowest BCUT2D eigenvalue weighted by Crippen LogP contribution is -2.23. The molecule has 4 rings (SSSR count). The minimum absolute atomic E-state index is 0.156. The summed E-state index contributed by atoms with van der Waals surface area (Å²) in [6, 6.07) is 15.3. The zero-order valence-corrected chi connectivity index (χ0v) is 14.3. The van der Waals surface area contributed by atoms with Gasteiger partial charge in [-0.3, -0.25) is 4.79 Å². The van der Waals surface area contributed by atoms with Gasteiger partial charge in [-0.1, -0.05) is 64.9 Å². The molecule has 0 spiro atoms. The summed E-state index contributed by atoms with van der Waals surface area (Å²) in [5.74, 6) is 0.503. The minimum atomic E-state index is -0.156. The van der Waals surface area contributed by atoms with E-state index in [0.29, 0.717) is 20.3 Å². The number of halogens is 1. The number of fused-ring (bicyclic) bond motifs is 1. The molecule has 24 heavy (non-hydrogen) atoms. The molecular formula is C18H12ClN3OS. The van der Waals surface area contributed by atoms with Gasteiger partial charge in [0.25, 0.3) is 5.56 Å². The van der Waals surface area contributed by atoms with Crippen LogP contribution in [-0.2, 0) is 0 Å². The van der Waals surface area contributed by atoms with Crippen LogP contribution in [0, 0.1) is 6.92 Å². The molecule has 2 aromatic heterocycles. The summed E-state index contributed by atoms with van der Waals surface area (Å²) >= 11 is 7.33. The fraction of sp³-hybridized carbons (Fsp3) is 0.0556. The molecule has 0 aliphatic heterocycles. The first-order valence-corrected chi connectivity index (χ1v) is 8.53. The third-order valence-electron chi connectivity index (χ3n) is 3.64. The van der Waals surface area contributed by atoms with Crippen LogP contribution in [0.2, 0.25) is 5.02 Å². The summed E-state index contributed by atoms with van der Waals surface area (Å²) in [5.41, 5.74) is 2.80. The molecule has 0 fully saturated rings. The Morgan fingerprint density at radius 1 is 1.17 bits per heavy atom. The Bertz CT molecular complexity index is 1150. The number of aryl methyl sites for hydroxylation is 1. The smallest absolute Gasteiger partial charge is 0.266 e. The molecule has 0 aliphatic rings. The average molecular weight is 354 g/mol. The zero-order chi connectivity index (χ0) is 16.7. The maximum absolute atomic E-state index is 12.5. The van der Waals surface area contributed by atoms with Crippen molar-refractivity contribution in [3.8, 4) is 11.4 Å². The van der Waals surface area contributed by atoms with Gasteiger partial charge in [-0.25, -0.2) is 0 Å². The van der Waals surface area contributed by atoms with Crippen LogP contribution in [0.25, 0.3) is 22.4 Å². The van der Waals surface area contributed by atoms with Crippen LogP contribution in [0.1, 0.15) is 11.1 Å². The molecule has 0 saturated carbocycles. The quantitative estimate of drug-likeness (QED) is 0.555. The van der Waals surface area contributed by atoms with Gasteiger partial charge in [-0.2, -0.15) is 9.50 Å². The van der Waals surface area contributed by atoms with E-state index in [0.717, 1.165) is 11.1 Å². The summed E-state index contributed by atoms with van der Waals surface area (Å²) < 4.78 is 1.97. The molecule has 4 nitrogen and oxygen atoms in total. The van der Waals surface area contributed by atoms with E-state index in [1.807, 2.05) is 49.4 Å². The van der Waals surface area contributed by atoms with Crippen molar-refractivity contribution in [3.05, 3.63) is 79.6 Å². The van der Waals surface area contributed by atoms with Crippen LogP contribution >= 0.6 is 22.9 Å². The van der Waals surface area contributed by atoms with E-state index in [2.05, 4.69) is 10.1 Å². The lowest BCUT2D eigenvalue weighted by atomic mass is 10.1. The largest absolute Gasteiger partial charge is 0.291 e. The van der Waals surface area contributed by atoms with Crippen molar-refractivity contribution >= 4 is 34.0 Å². The Morgan fingerprint density at radius 3 is 2.67 bits per heavy atom. The molecule has 0 bridgehead atoms. The van der Waals surface area contributed by atoms with Crippen molar-refractivity contribution in [1.82, 2.24) is 14.6 Å². The molecule has 118 valence electrons. The molecule has 0 unspecified atom stereocenters. The molecule has 0 aliphatic carbocycles. The molecule has 4 aromatic rings. The van der Waals surface area contributed by atoms with Crippen molar-refractivity contribution in [1.29, 1.82) is 0 Å². The average Bonchev–Trinajstić information content (AvgIpc) is 3.10. The summed E-state index contributed by atoms with van der Waals surface area (Å²) in [7, 11) is 0. The van der Waals surface area contributed by atoms with E-state index in [-0.39, 0.29) is 5.56 Å². The highest BCUT2D eigenvalue weighted by Crippen LogP contribution is 2.20. The Hall–Kier alpha value is -2.50. The van der Waals surface area contributed by atoms with Gasteiger partial charge < -0.3 is 0 Å². The number of benzene rings is 2. The second-order valence-electron chi connectivity index (χ2n) is 5.47. The van der Waals surface area contributed by atoms with Crippen LogP contribution in [0.3, 0.4) is 0 Å². The van der Waals surface area contributed by atoms with Crippen LogP contribution in [-0.4, -0.2) is 14.6 Å². The lowest BCUT2D eigenvalue weighted by Gasteiger charge is -1.94. The zero-order valence-electron chi connectivity index (χ0n) is 12.7. The van der Waals surface area contributed by atoms with E-state index in [4.69, 9.17) is 11.6 Å². The van der Waals surface area contributed by atoms with Gasteiger partial charge in [0.15, 0.2) is 5.82 Å². The molecular weight excluding hydrogens is 342 g/mol. The molecule has 2 aromatic carbocycles. The summed E-state index contributed by atoms with van der Waals surface area (Å²) in [6.45, 7) is 2.03. The normalized spacial score (nSPS) is 12.2. The van der Waals surface area contributed by atoms with E-state index < -0.39 is 0 Å². The van der Waals surface area contributed by atoms with Gasteiger partial charge in [-0.05, 0) is 30.7 Å². The summed E-state index contributed by atoms with van der Waals surface area (Å²) in [6.07, 6.45) is 1.86. The molecule has 0 saturated heterocycles. The number of hydrogen-bond acceptors (Lipinski definition) is 4. The standard InChI is InChI=1S/C18H12ClN3OS/c1-11-5-7-12(8-6-11)9-15-17(23)22-18(24-15)20-16(21-22)13-3-2-4-14(19)10-13/h2-10H,1H3/b15-9+. The summed E-state index contributed by atoms with van der Waals surface area (Å²) in [4.78, 5) is 17.6. The second-order valence-corrected chi connectivity index (χ2v) is 6.91. The summed E-state index contributed by atoms with van der Waals surface area (Å²) in [5, 5.41) is 4.94. The molecule has 0 radical (unpaired) electrons. The van der Waals surface area contributed by atoms with Crippen molar-refractivity contribution in [2.75, 3.05) is 0 Å². The number of aromatic nitrogens is 3. The van der Waals surface area contributed by atoms with Crippen molar-refractivity contribution < 1.29 is 0 Å². The van der Waals surface area contributed by atoms with Crippen molar-refractivity contribution in [2.24, 2.45) is 0 Å². The van der Waals surface area contributed by atoms with Crippen molar-refractivity contribution in [2.45, 2.75) is 6.92 Å². The van der Waals surface area contributed by atoms with E-state index in [9.17, 15) is 4.79 Å². The van der Waals surface area contributed by atoms with Gasteiger partial charge in [0, 0.05) is 10.6 Å².